The van der Waals surface area contributed by atoms with Crippen molar-refractivity contribution in [1.82, 2.24) is 4.98 Å². The third-order valence-electron chi connectivity index (χ3n) is 2.56. The molecule has 1 atom stereocenters. The SMILES string of the molecule is O=C(O)c1cnc(NC2C=CS(=O)(=O)C2)c([N+](=O)[O-])c1. The lowest BCUT2D eigenvalue weighted by Gasteiger charge is -2.10. The van der Waals surface area contributed by atoms with E-state index in [1.807, 2.05) is 0 Å². The molecule has 9 nitrogen and oxygen atoms in total. The average Bonchev–Trinajstić information content (AvgIpc) is 2.68. The second kappa shape index (κ2) is 4.89. The summed E-state index contributed by atoms with van der Waals surface area (Å²) in [6.45, 7) is 0. The van der Waals surface area contributed by atoms with E-state index in [2.05, 4.69) is 10.3 Å². The van der Waals surface area contributed by atoms with Crippen LogP contribution in [0.3, 0.4) is 0 Å². The molecule has 10 heteroatoms. The molecular formula is C10H9N3O6S. The van der Waals surface area contributed by atoms with Gasteiger partial charge in [-0.05, 0) is 6.08 Å². The zero-order valence-corrected chi connectivity index (χ0v) is 10.7. The molecule has 20 heavy (non-hydrogen) atoms. The smallest absolute Gasteiger partial charge is 0.337 e. The van der Waals surface area contributed by atoms with Crippen LogP contribution in [0.1, 0.15) is 10.4 Å². The van der Waals surface area contributed by atoms with Gasteiger partial charge in [-0.15, -0.1) is 0 Å². The standard InChI is InChI=1S/C10H9N3O6S/c14-10(15)6-3-8(13(16)17)9(11-4-6)12-7-1-2-20(18,19)5-7/h1-4,7H,5H2,(H,11,12)(H,14,15). The van der Waals surface area contributed by atoms with Crippen molar-refractivity contribution >= 4 is 27.3 Å². The highest BCUT2D eigenvalue weighted by atomic mass is 32.2. The zero-order valence-electron chi connectivity index (χ0n) is 9.88. The van der Waals surface area contributed by atoms with E-state index in [1.165, 1.54) is 6.08 Å². The summed E-state index contributed by atoms with van der Waals surface area (Å²) in [5.74, 6) is -1.74. The molecule has 0 saturated heterocycles. The van der Waals surface area contributed by atoms with Gasteiger partial charge in [0.2, 0.25) is 5.82 Å². The van der Waals surface area contributed by atoms with Gasteiger partial charge in [0.25, 0.3) is 0 Å². The Morgan fingerprint density at radius 1 is 1.55 bits per heavy atom. The second-order valence-corrected chi connectivity index (χ2v) is 5.99. The van der Waals surface area contributed by atoms with Crippen LogP contribution in [0.2, 0.25) is 0 Å². The highest BCUT2D eigenvalue weighted by molar-refractivity contribution is 7.94. The van der Waals surface area contributed by atoms with E-state index < -0.39 is 32.5 Å². The number of nitro groups is 1. The maximum atomic E-state index is 11.2. The Labute approximate surface area is 113 Å². The number of nitrogens with one attached hydrogen (secondary N) is 1. The zero-order chi connectivity index (χ0) is 14.9. The Kier molecular flexibility index (Phi) is 3.40. The van der Waals surface area contributed by atoms with Crippen molar-refractivity contribution in [3.63, 3.8) is 0 Å². The van der Waals surface area contributed by atoms with Gasteiger partial charge in [0.1, 0.15) is 0 Å². The second-order valence-electron chi connectivity index (χ2n) is 4.06. The Balaban J connectivity index is 2.30. The van der Waals surface area contributed by atoms with E-state index >= 15 is 0 Å². The van der Waals surface area contributed by atoms with E-state index in [0.29, 0.717) is 0 Å². The Hall–Kier alpha value is -2.49. The van der Waals surface area contributed by atoms with Crippen molar-refractivity contribution < 1.29 is 23.2 Å². The number of nitrogens with zero attached hydrogens (tertiary/aromatic N) is 2. The van der Waals surface area contributed by atoms with Gasteiger partial charge in [0.15, 0.2) is 9.84 Å². The minimum Gasteiger partial charge on any atom is -0.478 e. The molecule has 0 bridgehead atoms. The number of anilines is 1. The first-order valence-electron chi connectivity index (χ1n) is 5.34. The molecule has 2 rings (SSSR count). The maximum absolute atomic E-state index is 11.2. The number of carbonyl (C=O) groups is 1. The maximum Gasteiger partial charge on any atom is 0.337 e. The van der Waals surface area contributed by atoms with E-state index in [1.54, 1.807) is 0 Å². The summed E-state index contributed by atoms with van der Waals surface area (Å²) in [4.78, 5) is 24.5. The number of rotatable bonds is 4. The van der Waals surface area contributed by atoms with E-state index in [4.69, 9.17) is 5.11 Å². The molecule has 1 aliphatic rings. The number of sulfone groups is 1. The molecule has 1 aromatic heterocycles. The van der Waals surface area contributed by atoms with Crippen LogP contribution in [-0.2, 0) is 9.84 Å². The summed E-state index contributed by atoms with van der Waals surface area (Å²) in [7, 11) is -3.31. The molecule has 2 N–H and O–H groups in total. The minimum atomic E-state index is -3.31. The van der Waals surface area contributed by atoms with Crippen LogP contribution in [0.4, 0.5) is 11.5 Å². The molecule has 1 unspecified atom stereocenters. The third kappa shape index (κ3) is 2.91. The summed E-state index contributed by atoms with van der Waals surface area (Å²) in [6.07, 6.45) is 2.32. The molecule has 0 aromatic carbocycles. The molecule has 0 spiro atoms. The summed E-state index contributed by atoms with van der Waals surface area (Å²) < 4.78 is 22.5. The van der Waals surface area contributed by atoms with Crippen molar-refractivity contribution in [2.75, 3.05) is 11.1 Å². The van der Waals surface area contributed by atoms with Crippen LogP contribution in [0, 0.1) is 10.1 Å². The predicted octanol–water partition coefficient (Wildman–Crippen LogP) is 0.411. The fourth-order valence-corrected chi connectivity index (χ4v) is 2.90. The molecule has 0 amide bonds. The van der Waals surface area contributed by atoms with Crippen LogP contribution >= 0.6 is 0 Å². The molecule has 0 radical (unpaired) electrons. The minimum absolute atomic E-state index is 0.174. The molecule has 0 saturated carbocycles. The normalized spacial score (nSPS) is 19.7. The average molecular weight is 299 g/mol. The van der Waals surface area contributed by atoms with E-state index in [-0.39, 0.29) is 17.1 Å². The number of aromatic nitrogens is 1. The largest absolute Gasteiger partial charge is 0.478 e. The number of carboxylic acids is 1. The molecular weight excluding hydrogens is 290 g/mol. The van der Waals surface area contributed by atoms with Crippen molar-refractivity contribution in [2.24, 2.45) is 0 Å². The van der Waals surface area contributed by atoms with Crippen molar-refractivity contribution in [3.05, 3.63) is 39.4 Å². The third-order valence-corrected chi connectivity index (χ3v) is 3.96. The van der Waals surface area contributed by atoms with Crippen LogP contribution in [0.25, 0.3) is 0 Å². The number of aromatic carboxylic acids is 1. The van der Waals surface area contributed by atoms with Crippen LogP contribution in [0.5, 0.6) is 0 Å². The molecule has 0 aliphatic carbocycles. The summed E-state index contributed by atoms with van der Waals surface area (Å²) in [5, 5.41) is 23.3. The van der Waals surface area contributed by atoms with Gasteiger partial charge in [-0.1, -0.05) is 0 Å². The number of hydrogen-bond acceptors (Lipinski definition) is 7. The molecule has 0 fully saturated rings. The van der Waals surface area contributed by atoms with Crippen molar-refractivity contribution in [1.29, 1.82) is 0 Å². The summed E-state index contributed by atoms with van der Waals surface area (Å²) in [6, 6.07) is 0.229. The van der Waals surface area contributed by atoms with Gasteiger partial charge in [0, 0.05) is 17.7 Å². The first-order chi connectivity index (χ1) is 9.28. The van der Waals surface area contributed by atoms with Crippen molar-refractivity contribution in [2.45, 2.75) is 6.04 Å². The lowest BCUT2D eigenvalue weighted by atomic mass is 10.2. The molecule has 106 valence electrons. The lowest BCUT2D eigenvalue weighted by Crippen LogP contribution is -2.22. The molecule has 2 heterocycles. The van der Waals surface area contributed by atoms with E-state index in [9.17, 15) is 23.3 Å². The first-order valence-corrected chi connectivity index (χ1v) is 7.05. The van der Waals surface area contributed by atoms with Crippen molar-refractivity contribution in [3.8, 4) is 0 Å². The fraction of sp³-hybridized carbons (Fsp3) is 0.200. The lowest BCUT2D eigenvalue weighted by molar-refractivity contribution is -0.384. The van der Waals surface area contributed by atoms with Crippen LogP contribution in [-0.4, -0.2) is 41.2 Å². The topological polar surface area (TPSA) is 140 Å². The van der Waals surface area contributed by atoms with Gasteiger partial charge in [-0.2, -0.15) is 0 Å². The highest BCUT2D eigenvalue weighted by Gasteiger charge is 2.25. The summed E-state index contributed by atoms with van der Waals surface area (Å²) >= 11 is 0. The van der Waals surface area contributed by atoms with Crippen LogP contribution < -0.4 is 5.32 Å². The highest BCUT2D eigenvalue weighted by Crippen LogP contribution is 2.25. The Morgan fingerprint density at radius 3 is 2.75 bits per heavy atom. The predicted molar refractivity (Wildman–Crippen MR) is 68.2 cm³/mol. The fourth-order valence-electron chi connectivity index (χ4n) is 1.66. The molecule has 1 aliphatic heterocycles. The number of pyridine rings is 1. The van der Waals surface area contributed by atoms with Gasteiger partial charge in [-0.25, -0.2) is 18.2 Å². The van der Waals surface area contributed by atoms with E-state index in [0.717, 1.165) is 17.7 Å². The summed E-state index contributed by atoms with van der Waals surface area (Å²) in [5.41, 5.74) is -0.848. The van der Waals surface area contributed by atoms with Crippen LogP contribution in [0.15, 0.2) is 23.7 Å². The monoisotopic (exact) mass is 299 g/mol. The van der Waals surface area contributed by atoms with Gasteiger partial charge >= 0.3 is 11.7 Å². The van der Waals surface area contributed by atoms with Gasteiger partial charge in [0.05, 0.1) is 22.3 Å². The Morgan fingerprint density at radius 2 is 2.25 bits per heavy atom. The number of hydrogen-bond donors (Lipinski definition) is 2. The number of carboxylic acid groups (broad SMARTS) is 1. The first kappa shape index (κ1) is 13.9. The molecule has 1 aromatic rings. The van der Waals surface area contributed by atoms with Gasteiger partial charge in [-0.3, -0.25) is 10.1 Å². The Bertz CT molecular complexity index is 712. The van der Waals surface area contributed by atoms with Gasteiger partial charge < -0.3 is 10.4 Å². The quantitative estimate of drug-likeness (QED) is 0.601.